The van der Waals surface area contributed by atoms with Crippen molar-refractivity contribution in [1.29, 1.82) is 0 Å². The lowest BCUT2D eigenvalue weighted by molar-refractivity contribution is -0.152. The number of carbonyl (C=O) groups excluding carboxylic acids is 2. The van der Waals surface area contributed by atoms with Crippen molar-refractivity contribution >= 4 is 12.1 Å². The van der Waals surface area contributed by atoms with Crippen LogP contribution in [0.15, 0.2) is 18.2 Å². The Labute approximate surface area is 174 Å². The second-order valence-electron chi connectivity index (χ2n) is 8.61. The van der Waals surface area contributed by atoms with Crippen molar-refractivity contribution in [3.05, 3.63) is 35.1 Å². The van der Waals surface area contributed by atoms with Crippen molar-refractivity contribution in [1.82, 2.24) is 5.32 Å². The molecule has 164 valence electrons. The van der Waals surface area contributed by atoms with E-state index in [1.165, 1.54) is 12.1 Å². The predicted molar refractivity (Wildman–Crippen MR) is 112 cm³/mol. The minimum atomic E-state index is -0.844. The molecule has 1 aromatic rings. The first-order valence-electron chi connectivity index (χ1n) is 10.4. The highest BCUT2D eigenvalue weighted by Gasteiger charge is 2.32. The fraction of sp³-hybridized carbons (Fsp3) is 0.652. The van der Waals surface area contributed by atoms with Crippen LogP contribution < -0.4 is 5.32 Å². The van der Waals surface area contributed by atoms with Gasteiger partial charge in [-0.25, -0.2) is 14.0 Å². The number of esters is 1. The summed E-state index contributed by atoms with van der Waals surface area (Å²) in [4.78, 5) is 24.5. The van der Waals surface area contributed by atoms with Gasteiger partial charge in [-0.15, -0.1) is 0 Å². The van der Waals surface area contributed by atoms with E-state index in [-0.39, 0.29) is 17.7 Å². The molecule has 0 unspecified atom stereocenters. The maximum Gasteiger partial charge on any atom is 0.408 e. The van der Waals surface area contributed by atoms with Gasteiger partial charge in [-0.3, -0.25) is 0 Å². The first-order chi connectivity index (χ1) is 13.4. The number of ether oxygens (including phenoxy) is 2. The summed E-state index contributed by atoms with van der Waals surface area (Å²) in [5.41, 5.74) is 1.17. The largest absolute Gasteiger partial charge is 0.460 e. The third kappa shape index (κ3) is 7.67. The number of aryl methyl sites for hydroxylation is 1. The Balaban J connectivity index is 2.95. The smallest absolute Gasteiger partial charge is 0.408 e. The molecule has 0 heterocycles. The van der Waals surface area contributed by atoms with Crippen LogP contribution in [0.5, 0.6) is 0 Å². The van der Waals surface area contributed by atoms with E-state index >= 15 is 0 Å². The maximum atomic E-state index is 13.6. The fourth-order valence-corrected chi connectivity index (χ4v) is 3.60. The molecule has 0 aromatic heterocycles. The molecular formula is C23H36FNO4. The van der Waals surface area contributed by atoms with Crippen molar-refractivity contribution in [2.75, 3.05) is 0 Å². The van der Waals surface area contributed by atoms with Crippen molar-refractivity contribution in [2.24, 2.45) is 5.92 Å². The van der Waals surface area contributed by atoms with Gasteiger partial charge in [0.2, 0.25) is 0 Å². The number of alkyl carbamates (subject to hydrolysis) is 1. The summed E-state index contributed by atoms with van der Waals surface area (Å²) >= 11 is 0. The van der Waals surface area contributed by atoms with E-state index in [4.69, 9.17) is 9.47 Å². The number of nitrogens with one attached hydrogen (secondary N) is 1. The highest BCUT2D eigenvalue weighted by molar-refractivity contribution is 5.81. The van der Waals surface area contributed by atoms with Crippen LogP contribution in [-0.2, 0) is 14.3 Å². The van der Waals surface area contributed by atoms with Crippen molar-refractivity contribution in [3.63, 3.8) is 0 Å². The number of hydrogen-bond acceptors (Lipinski definition) is 4. The second-order valence-corrected chi connectivity index (χ2v) is 8.61. The normalized spacial score (nSPS) is 14.8. The van der Waals surface area contributed by atoms with Crippen molar-refractivity contribution in [3.8, 4) is 0 Å². The summed E-state index contributed by atoms with van der Waals surface area (Å²) in [5, 5.41) is 2.51. The van der Waals surface area contributed by atoms with E-state index in [1.54, 1.807) is 33.8 Å². The summed E-state index contributed by atoms with van der Waals surface area (Å²) in [6.07, 6.45) is 0.719. The molecule has 1 rings (SSSR count). The highest BCUT2D eigenvalue weighted by Crippen LogP contribution is 2.36. The molecule has 0 spiro atoms. The number of benzene rings is 1. The lowest BCUT2D eigenvalue weighted by Gasteiger charge is -2.32. The molecule has 0 bridgehead atoms. The minimum Gasteiger partial charge on any atom is -0.460 e. The molecule has 6 heteroatoms. The molecule has 0 saturated heterocycles. The van der Waals surface area contributed by atoms with Crippen molar-refractivity contribution in [2.45, 2.75) is 91.9 Å². The Morgan fingerprint density at radius 1 is 1.14 bits per heavy atom. The van der Waals surface area contributed by atoms with Gasteiger partial charge >= 0.3 is 12.1 Å². The van der Waals surface area contributed by atoms with Crippen LogP contribution in [0.3, 0.4) is 0 Å². The number of rotatable bonds is 8. The van der Waals surface area contributed by atoms with Gasteiger partial charge in [-0.1, -0.05) is 32.8 Å². The molecule has 5 nitrogen and oxygen atoms in total. The lowest BCUT2D eigenvalue weighted by Crippen LogP contribution is -2.44. The molecule has 1 amide bonds. The zero-order chi connectivity index (χ0) is 22.4. The molecule has 0 aliphatic rings. The van der Waals surface area contributed by atoms with Gasteiger partial charge in [0, 0.05) is 5.92 Å². The average Bonchev–Trinajstić information content (AvgIpc) is 2.58. The van der Waals surface area contributed by atoms with Crippen LogP contribution in [0.1, 0.15) is 78.4 Å². The molecular weight excluding hydrogens is 373 g/mol. The third-order valence-electron chi connectivity index (χ3n) is 5.04. The van der Waals surface area contributed by atoms with Crippen LogP contribution in [0.25, 0.3) is 0 Å². The summed E-state index contributed by atoms with van der Waals surface area (Å²) in [6, 6.07) is 3.88. The Kier molecular flexibility index (Phi) is 9.12. The molecule has 0 aliphatic carbocycles. The highest BCUT2D eigenvalue weighted by atomic mass is 19.1. The molecule has 1 aromatic carbocycles. The van der Waals surface area contributed by atoms with Gasteiger partial charge in [-0.05, 0) is 70.7 Å². The molecule has 0 saturated carbocycles. The summed E-state index contributed by atoms with van der Waals surface area (Å²) < 4.78 is 24.5. The first kappa shape index (κ1) is 24.9. The summed E-state index contributed by atoms with van der Waals surface area (Å²) in [5.74, 6) is -0.604. The van der Waals surface area contributed by atoms with Gasteiger partial charge in [0.15, 0.2) is 0 Å². The lowest BCUT2D eigenvalue weighted by atomic mass is 9.78. The first-order valence-corrected chi connectivity index (χ1v) is 10.4. The fourth-order valence-electron chi connectivity index (χ4n) is 3.60. The van der Waals surface area contributed by atoms with Crippen LogP contribution in [-0.4, -0.2) is 29.8 Å². The van der Waals surface area contributed by atoms with E-state index in [0.717, 1.165) is 24.0 Å². The SMILES string of the molecule is CCC(CC)[C@@H](c1ccc(F)cc1C)[C@H](C)OC(=O)[C@H](C)NC(=O)OC(C)(C)C. The van der Waals surface area contributed by atoms with Gasteiger partial charge in [0.25, 0.3) is 0 Å². The number of halogens is 1. The molecule has 29 heavy (non-hydrogen) atoms. The standard InChI is InChI=1S/C23H36FNO4/c1-9-17(10-2)20(19-12-11-18(24)13-14(19)3)16(5)28-21(26)15(4)25-22(27)29-23(6,7)8/h11-13,15-17,20H,9-10H2,1-8H3,(H,25,27)/t15-,16-,20-/m0/s1. The number of hydrogen-bond donors (Lipinski definition) is 1. The van der Waals surface area contributed by atoms with Crippen LogP contribution in [0.4, 0.5) is 9.18 Å². The van der Waals surface area contributed by atoms with Gasteiger partial charge in [-0.2, -0.15) is 0 Å². The van der Waals surface area contributed by atoms with E-state index in [9.17, 15) is 14.0 Å². The Morgan fingerprint density at radius 3 is 2.21 bits per heavy atom. The van der Waals surface area contributed by atoms with Crippen molar-refractivity contribution < 1.29 is 23.5 Å². The Hall–Kier alpha value is -2.11. The van der Waals surface area contributed by atoms with E-state index in [1.807, 2.05) is 13.8 Å². The number of amides is 1. The summed E-state index contributed by atoms with van der Waals surface area (Å²) in [6.45, 7) is 14.7. The monoisotopic (exact) mass is 409 g/mol. The molecule has 1 N–H and O–H groups in total. The molecule has 0 radical (unpaired) electrons. The zero-order valence-electron chi connectivity index (χ0n) is 19.0. The summed E-state index contributed by atoms with van der Waals surface area (Å²) in [7, 11) is 0. The Bertz CT molecular complexity index is 695. The van der Waals surface area contributed by atoms with Crippen LogP contribution in [0.2, 0.25) is 0 Å². The van der Waals surface area contributed by atoms with Gasteiger partial charge in [0.1, 0.15) is 23.6 Å². The molecule has 0 fully saturated rings. The van der Waals surface area contributed by atoms with Crippen LogP contribution >= 0.6 is 0 Å². The van der Waals surface area contributed by atoms with Crippen LogP contribution in [0, 0.1) is 18.7 Å². The number of carbonyl (C=O) groups is 2. The minimum absolute atomic E-state index is 0.0664. The van der Waals surface area contributed by atoms with E-state index in [0.29, 0.717) is 0 Å². The Morgan fingerprint density at radius 2 is 1.72 bits per heavy atom. The topological polar surface area (TPSA) is 64.6 Å². The quantitative estimate of drug-likeness (QED) is 0.576. The zero-order valence-corrected chi connectivity index (χ0v) is 19.0. The second kappa shape index (κ2) is 10.6. The molecule has 3 atom stereocenters. The predicted octanol–water partition coefficient (Wildman–Crippen LogP) is 5.50. The maximum absolute atomic E-state index is 13.6. The third-order valence-corrected chi connectivity index (χ3v) is 5.04. The van der Waals surface area contributed by atoms with E-state index in [2.05, 4.69) is 19.2 Å². The average molecular weight is 410 g/mol. The van der Waals surface area contributed by atoms with E-state index < -0.39 is 29.8 Å². The molecule has 0 aliphatic heterocycles. The van der Waals surface area contributed by atoms with Gasteiger partial charge < -0.3 is 14.8 Å². The van der Waals surface area contributed by atoms with Gasteiger partial charge in [0.05, 0.1) is 0 Å².